The first-order valence-electron chi connectivity index (χ1n) is 10.9. The van der Waals surface area contributed by atoms with Crippen LogP contribution >= 0.6 is 0 Å². The van der Waals surface area contributed by atoms with Gasteiger partial charge in [0.25, 0.3) is 0 Å². The first-order chi connectivity index (χ1) is 16.8. The number of carbonyl (C=O) groups is 2. The van der Waals surface area contributed by atoms with Gasteiger partial charge in [-0.05, 0) is 46.7 Å². The second-order valence-electron chi connectivity index (χ2n) is 7.90. The lowest BCUT2D eigenvalue weighted by Gasteiger charge is -2.26. The Morgan fingerprint density at radius 3 is 1.74 bits per heavy atom. The highest BCUT2D eigenvalue weighted by Crippen LogP contribution is 2.34. The first kappa shape index (κ1) is 24.0. The molecule has 0 aliphatic carbocycles. The predicted molar refractivity (Wildman–Crippen MR) is 125 cm³/mol. The minimum absolute atomic E-state index is 0.00899. The van der Waals surface area contributed by atoms with Crippen molar-refractivity contribution < 1.29 is 32.2 Å². The van der Waals surface area contributed by atoms with Crippen LogP contribution in [0.4, 0.5) is 13.2 Å². The van der Waals surface area contributed by atoms with Crippen molar-refractivity contribution in [3.8, 4) is 0 Å². The van der Waals surface area contributed by atoms with Gasteiger partial charge < -0.3 is 9.47 Å². The van der Waals surface area contributed by atoms with Gasteiger partial charge in [0.15, 0.2) is 0 Å². The van der Waals surface area contributed by atoms with Crippen LogP contribution in [0, 0.1) is 0 Å². The molecule has 4 rings (SSSR count). The van der Waals surface area contributed by atoms with Gasteiger partial charge in [0.05, 0.1) is 11.1 Å². The van der Waals surface area contributed by atoms with E-state index in [4.69, 9.17) is 9.47 Å². The lowest BCUT2D eigenvalue weighted by Crippen LogP contribution is -2.36. The molecule has 0 bridgehead atoms. The Kier molecular flexibility index (Phi) is 7.15. The molecule has 0 saturated heterocycles. The summed E-state index contributed by atoms with van der Waals surface area (Å²) in [5, 5.41) is 1.66. The molecule has 0 heterocycles. The molecule has 4 nitrogen and oxygen atoms in total. The van der Waals surface area contributed by atoms with Crippen LogP contribution in [0.3, 0.4) is 0 Å². The Morgan fingerprint density at radius 2 is 1.17 bits per heavy atom. The predicted octanol–water partition coefficient (Wildman–Crippen LogP) is 6.92. The van der Waals surface area contributed by atoms with E-state index < -0.39 is 36.7 Å². The van der Waals surface area contributed by atoms with Gasteiger partial charge in [-0.15, -0.1) is 0 Å². The summed E-state index contributed by atoms with van der Waals surface area (Å²) in [6.45, 7) is 0. The molecule has 178 valence electrons. The van der Waals surface area contributed by atoms with E-state index in [0.717, 1.165) is 10.8 Å². The van der Waals surface area contributed by atoms with E-state index in [9.17, 15) is 22.8 Å². The van der Waals surface area contributed by atoms with E-state index in [-0.39, 0.29) is 11.1 Å². The normalized spacial score (nSPS) is 13.1. The van der Waals surface area contributed by atoms with E-state index in [1.807, 2.05) is 18.2 Å². The monoisotopic (exact) mass is 478 g/mol. The zero-order chi connectivity index (χ0) is 24.8. The Labute approximate surface area is 199 Å². The van der Waals surface area contributed by atoms with E-state index in [2.05, 4.69) is 0 Å². The standard InChI is InChI=1S/C28H21F3O4/c29-28(30,31)25(35-27(33)21-12-5-2-6-13-21)18-24(34-26(32)20-10-3-1-4-11-20)23-16-15-19-9-7-8-14-22(19)17-23/h1-17,24-25H,18H2. The van der Waals surface area contributed by atoms with Crippen LogP contribution in [0.15, 0.2) is 103 Å². The molecule has 0 saturated carbocycles. The highest BCUT2D eigenvalue weighted by Gasteiger charge is 2.45. The third kappa shape index (κ3) is 6.06. The minimum Gasteiger partial charge on any atom is -0.454 e. The maximum atomic E-state index is 14.0. The number of rotatable bonds is 7. The third-order valence-corrected chi connectivity index (χ3v) is 5.46. The summed E-state index contributed by atoms with van der Waals surface area (Å²) in [6.07, 6.45) is -9.48. The lowest BCUT2D eigenvalue weighted by molar-refractivity contribution is -0.211. The number of halogens is 3. The smallest absolute Gasteiger partial charge is 0.425 e. The van der Waals surface area contributed by atoms with Gasteiger partial charge in [-0.3, -0.25) is 0 Å². The molecule has 4 aromatic rings. The average Bonchev–Trinajstić information content (AvgIpc) is 2.87. The summed E-state index contributed by atoms with van der Waals surface area (Å²) < 4.78 is 52.3. The van der Waals surface area contributed by atoms with Crippen LogP contribution in [0.2, 0.25) is 0 Å². The molecule has 0 spiro atoms. The fourth-order valence-electron chi connectivity index (χ4n) is 3.65. The molecule has 2 unspecified atom stereocenters. The summed E-state index contributed by atoms with van der Waals surface area (Å²) in [4.78, 5) is 25.2. The van der Waals surface area contributed by atoms with E-state index >= 15 is 0 Å². The molecule has 4 aromatic carbocycles. The number of alkyl halides is 3. The van der Waals surface area contributed by atoms with Gasteiger partial charge in [0.2, 0.25) is 6.10 Å². The van der Waals surface area contributed by atoms with Crippen molar-refractivity contribution in [2.45, 2.75) is 24.8 Å². The van der Waals surface area contributed by atoms with Crippen LogP contribution in [0.25, 0.3) is 10.8 Å². The molecule has 0 fully saturated rings. The minimum atomic E-state index is -4.88. The van der Waals surface area contributed by atoms with Crippen LogP contribution in [-0.2, 0) is 9.47 Å². The van der Waals surface area contributed by atoms with Crippen LogP contribution in [0.5, 0.6) is 0 Å². The van der Waals surface area contributed by atoms with Crippen molar-refractivity contribution in [1.82, 2.24) is 0 Å². The maximum Gasteiger partial charge on any atom is 0.425 e. The van der Waals surface area contributed by atoms with E-state index in [0.29, 0.717) is 5.56 Å². The summed E-state index contributed by atoms with van der Waals surface area (Å²) in [6, 6.07) is 27.8. The number of benzene rings is 4. The molecule has 2 atom stereocenters. The topological polar surface area (TPSA) is 52.6 Å². The summed E-state index contributed by atoms with van der Waals surface area (Å²) in [5.41, 5.74) is 0.548. The second kappa shape index (κ2) is 10.4. The molecule has 0 aromatic heterocycles. The van der Waals surface area contributed by atoms with Crippen molar-refractivity contribution in [3.05, 3.63) is 120 Å². The number of hydrogen-bond acceptors (Lipinski definition) is 4. The Balaban J connectivity index is 1.66. The summed E-state index contributed by atoms with van der Waals surface area (Å²) in [7, 11) is 0. The van der Waals surface area contributed by atoms with E-state index in [1.165, 1.54) is 36.4 Å². The molecule has 0 aliphatic heterocycles. The average molecular weight is 478 g/mol. The number of ether oxygens (including phenoxy) is 2. The number of hydrogen-bond donors (Lipinski definition) is 0. The fraction of sp³-hybridized carbons (Fsp3) is 0.143. The van der Waals surface area contributed by atoms with Crippen LogP contribution in [-0.4, -0.2) is 24.2 Å². The summed E-state index contributed by atoms with van der Waals surface area (Å²) >= 11 is 0. The highest BCUT2D eigenvalue weighted by molar-refractivity contribution is 5.90. The Morgan fingerprint density at radius 1 is 0.657 bits per heavy atom. The van der Waals surface area contributed by atoms with Crippen LogP contribution in [0.1, 0.15) is 38.8 Å². The number of carbonyl (C=O) groups excluding carboxylic acids is 2. The summed E-state index contributed by atoms with van der Waals surface area (Å²) in [5.74, 6) is -1.89. The molecule has 0 amide bonds. The van der Waals surface area contributed by atoms with Gasteiger partial charge >= 0.3 is 18.1 Å². The van der Waals surface area contributed by atoms with Gasteiger partial charge in [-0.25, -0.2) is 9.59 Å². The Hall–Kier alpha value is -4.13. The van der Waals surface area contributed by atoms with Gasteiger partial charge in [-0.1, -0.05) is 72.8 Å². The van der Waals surface area contributed by atoms with Crippen molar-refractivity contribution in [2.24, 2.45) is 0 Å². The Bertz CT molecular complexity index is 1300. The number of fused-ring (bicyclic) bond motifs is 1. The zero-order valence-electron chi connectivity index (χ0n) is 18.4. The SMILES string of the molecule is O=C(OC(CC(OC(=O)c1ccccc1)C(F)(F)F)c1ccc2ccccc2c1)c1ccccc1. The van der Waals surface area contributed by atoms with Gasteiger partial charge in [0.1, 0.15) is 6.10 Å². The van der Waals surface area contributed by atoms with Crippen LogP contribution < -0.4 is 0 Å². The molecule has 0 aliphatic rings. The van der Waals surface area contributed by atoms with Crippen molar-refractivity contribution in [3.63, 3.8) is 0 Å². The molecule has 0 N–H and O–H groups in total. The fourth-order valence-corrected chi connectivity index (χ4v) is 3.65. The molecule has 0 radical (unpaired) electrons. The third-order valence-electron chi connectivity index (χ3n) is 5.46. The maximum absolute atomic E-state index is 14.0. The lowest BCUT2D eigenvalue weighted by atomic mass is 9.99. The molecular weight excluding hydrogens is 457 g/mol. The highest BCUT2D eigenvalue weighted by atomic mass is 19.4. The quantitative estimate of drug-likeness (QED) is 0.271. The van der Waals surface area contributed by atoms with Crippen molar-refractivity contribution in [1.29, 1.82) is 0 Å². The first-order valence-corrected chi connectivity index (χ1v) is 10.9. The molecule has 7 heteroatoms. The second-order valence-corrected chi connectivity index (χ2v) is 7.90. The van der Waals surface area contributed by atoms with Gasteiger partial charge in [-0.2, -0.15) is 13.2 Å². The molecular formula is C28H21F3O4. The van der Waals surface area contributed by atoms with Gasteiger partial charge in [0, 0.05) is 6.42 Å². The van der Waals surface area contributed by atoms with Crippen molar-refractivity contribution in [2.75, 3.05) is 0 Å². The zero-order valence-corrected chi connectivity index (χ0v) is 18.4. The number of esters is 2. The molecule has 35 heavy (non-hydrogen) atoms. The van der Waals surface area contributed by atoms with E-state index in [1.54, 1.807) is 48.5 Å². The largest absolute Gasteiger partial charge is 0.454 e. The van der Waals surface area contributed by atoms with Crippen molar-refractivity contribution >= 4 is 22.7 Å².